The summed E-state index contributed by atoms with van der Waals surface area (Å²) < 4.78 is 0. The minimum absolute atomic E-state index is 0.708. The van der Waals surface area contributed by atoms with E-state index in [4.69, 9.17) is 12.2 Å². The van der Waals surface area contributed by atoms with Gasteiger partial charge >= 0.3 is 0 Å². The molecule has 1 atom stereocenters. The van der Waals surface area contributed by atoms with E-state index in [0.29, 0.717) is 6.04 Å². The first kappa shape index (κ1) is 12.7. The molecule has 0 spiro atoms. The molecule has 1 aliphatic heterocycles. The zero-order valence-corrected chi connectivity index (χ0v) is 10.9. The summed E-state index contributed by atoms with van der Waals surface area (Å²) in [7, 11) is 0. The van der Waals surface area contributed by atoms with E-state index in [1.807, 2.05) is 0 Å². The zero-order valence-electron chi connectivity index (χ0n) is 10.1. The van der Waals surface area contributed by atoms with Crippen molar-refractivity contribution in [3.63, 3.8) is 0 Å². The summed E-state index contributed by atoms with van der Waals surface area (Å²) >= 11 is 5.30. The highest BCUT2D eigenvalue weighted by Gasteiger charge is 2.20. The summed E-state index contributed by atoms with van der Waals surface area (Å²) in [5.74, 6) is 0. The van der Waals surface area contributed by atoms with Gasteiger partial charge in [-0.15, -0.1) is 0 Å². The first-order valence-electron chi connectivity index (χ1n) is 5.95. The lowest BCUT2D eigenvalue weighted by Gasteiger charge is -2.38. The molecule has 3 nitrogen and oxygen atoms in total. The fourth-order valence-electron chi connectivity index (χ4n) is 1.89. The Kier molecular flexibility index (Phi) is 5.32. The van der Waals surface area contributed by atoms with Gasteiger partial charge in [-0.2, -0.15) is 0 Å². The number of hydrogen-bond acceptors (Lipinski definition) is 2. The van der Waals surface area contributed by atoms with Crippen LogP contribution in [0.15, 0.2) is 0 Å². The highest BCUT2D eigenvalue weighted by molar-refractivity contribution is 7.80. The Morgan fingerprint density at radius 3 is 2.33 bits per heavy atom. The van der Waals surface area contributed by atoms with Gasteiger partial charge in [0, 0.05) is 38.8 Å². The van der Waals surface area contributed by atoms with Crippen LogP contribution in [0.5, 0.6) is 0 Å². The second-order valence-corrected chi connectivity index (χ2v) is 4.50. The number of piperazine rings is 1. The molecule has 15 heavy (non-hydrogen) atoms. The zero-order chi connectivity index (χ0) is 11.3. The lowest BCUT2D eigenvalue weighted by molar-refractivity contribution is 0.137. The first-order chi connectivity index (χ1) is 7.19. The van der Waals surface area contributed by atoms with Crippen molar-refractivity contribution in [2.45, 2.75) is 33.2 Å². The molecule has 0 aromatic carbocycles. The third kappa shape index (κ3) is 3.61. The highest BCUT2D eigenvalue weighted by Crippen LogP contribution is 2.08. The second-order valence-electron chi connectivity index (χ2n) is 4.12. The molecule has 0 bridgehead atoms. The van der Waals surface area contributed by atoms with Gasteiger partial charge in [0.15, 0.2) is 5.11 Å². The summed E-state index contributed by atoms with van der Waals surface area (Å²) in [6.07, 6.45) is 1.23. The smallest absolute Gasteiger partial charge is 0.169 e. The molecule has 0 radical (unpaired) electrons. The Bertz CT molecular complexity index is 200. The molecule has 0 aliphatic carbocycles. The molecular formula is C11H23N3S. The van der Waals surface area contributed by atoms with Gasteiger partial charge in [0.25, 0.3) is 0 Å². The Balaban J connectivity index is 2.32. The van der Waals surface area contributed by atoms with Crippen molar-refractivity contribution in [2.24, 2.45) is 0 Å². The highest BCUT2D eigenvalue weighted by atomic mass is 32.1. The van der Waals surface area contributed by atoms with Crippen LogP contribution in [-0.4, -0.2) is 53.7 Å². The maximum Gasteiger partial charge on any atom is 0.169 e. The third-order valence-corrected chi connectivity index (χ3v) is 3.55. The van der Waals surface area contributed by atoms with Gasteiger partial charge in [0.1, 0.15) is 0 Å². The molecule has 1 aliphatic rings. The first-order valence-corrected chi connectivity index (χ1v) is 6.36. The van der Waals surface area contributed by atoms with E-state index >= 15 is 0 Å². The molecule has 1 heterocycles. The quantitative estimate of drug-likeness (QED) is 0.735. The van der Waals surface area contributed by atoms with Crippen molar-refractivity contribution >= 4 is 17.3 Å². The molecule has 88 valence electrons. The van der Waals surface area contributed by atoms with Crippen molar-refractivity contribution in [2.75, 3.05) is 32.7 Å². The van der Waals surface area contributed by atoms with E-state index in [0.717, 1.165) is 37.8 Å². The van der Waals surface area contributed by atoms with Crippen LogP contribution in [0.1, 0.15) is 27.2 Å². The molecule has 0 aromatic heterocycles. The normalized spacial score (nSPS) is 20.1. The van der Waals surface area contributed by atoms with Crippen molar-refractivity contribution in [1.29, 1.82) is 0 Å². The van der Waals surface area contributed by atoms with Gasteiger partial charge in [-0.25, -0.2) is 0 Å². The number of hydrogen-bond donors (Lipinski definition) is 1. The van der Waals surface area contributed by atoms with Crippen LogP contribution in [0.3, 0.4) is 0 Å². The van der Waals surface area contributed by atoms with Crippen LogP contribution < -0.4 is 5.32 Å². The summed E-state index contributed by atoms with van der Waals surface area (Å²) in [6.45, 7) is 12.0. The van der Waals surface area contributed by atoms with Gasteiger partial charge in [-0.05, 0) is 32.5 Å². The van der Waals surface area contributed by atoms with Crippen LogP contribution in [-0.2, 0) is 0 Å². The Morgan fingerprint density at radius 2 is 1.87 bits per heavy atom. The maximum absolute atomic E-state index is 5.30. The van der Waals surface area contributed by atoms with Gasteiger partial charge in [-0.1, -0.05) is 6.92 Å². The molecule has 0 saturated carbocycles. The van der Waals surface area contributed by atoms with Crippen molar-refractivity contribution in [1.82, 2.24) is 15.1 Å². The number of nitrogens with one attached hydrogen (secondary N) is 1. The molecule has 1 saturated heterocycles. The SMILES string of the molecule is CCNC(=S)N1CCN(C(C)CC)CC1. The lowest BCUT2D eigenvalue weighted by Crippen LogP contribution is -2.53. The van der Waals surface area contributed by atoms with Crippen LogP contribution >= 0.6 is 12.2 Å². The molecule has 0 aromatic rings. The van der Waals surface area contributed by atoms with E-state index in [9.17, 15) is 0 Å². The summed E-state index contributed by atoms with van der Waals surface area (Å²) in [6, 6.07) is 0.708. The maximum atomic E-state index is 5.30. The van der Waals surface area contributed by atoms with Gasteiger partial charge < -0.3 is 10.2 Å². The van der Waals surface area contributed by atoms with E-state index in [2.05, 4.69) is 35.9 Å². The van der Waals surface area contributed by atoms with Crippen LogP contribution in [0.4, 0.5) is 0 Å². The minimum Gasteiger partial charge on any atom is -0.363 e. The van der Waals surface area contributed by atoms with Crippen LogP contribution in [0.25, 0.3) is 0 Å². The number of thiocarbonyl (C=S) groups is 1. The molecule has 1 rings (SSSR count). The lowest BCUT2D eigenvalue weighted by atomic mass is 10.2. The largest absolute Gasteiger partial charge is 0.363 e. The number of rotatable bonds is 3. The molecule has 4 heteroatoms. The van der Waals surface area contributed by atoms with Gasteiger partial charge in [-0.3, -0.25) is 4.90 Å². The molecule has 1 N–H and O–H groups in total. The number of nitrogens with zero attached hydrogens (tertiary/aromatic N) is 2. The molecular weight excluding hydrogens is 206 g/mol. The van der Waals surface area contributed by atoms with Crippen molar-refractivity contribution in [3.05, 3.63) is 0 Å². The minimum atomic E-state index is 0.708. The third-order valence-electron chi connectivity index (χ3n) is 3.14. The van der Waals surface area contributed by atoms with Gasteiger partial charge in [0.2, 0.25) is 0 Å². The van der Waals surface area contributed by atoms with Crippen LogP contribution in [0, 0.1) is 0 Å². The van der Waals surface area contributed by atoms with E-state index in [-0.39, 0.29) is 0 Å². The van der Waals surface area contributed by atoms with E-state index in [1.54, 1.807) is 0 Å². The van der Waals surface area contributed by atoms with Crippen LogP contribution in [0.2, 0.25) is 0 Å². The molecule has 0 amide bonds. The van der Waals surface area contributed by atoms with E-state index < -0.39 is 0 Å². The monoisotopic (exact) mass is 229 g/mol. The summed E-state index contributed by atoms with van der Waals surface area (Å²) in [4.78, 5) is 4.82. The van der Waals surface area contributed by atoms with E-state index in [1.165, 1.54) is 6.42 Å². The van der Waals surface area contributed by atoms with Crippen molar-refractivity contribution < 1.29 is 0 Å². The summed E-state index contributed by atoms with van der Waals surface area (Å²) in [5.41, 5.74) is 0. The topological polar surface area (TPSA) is 18.5 Å². The fraction of sp³-hybridized carbons (Fsp3) is 0.909. The second kappa shape index (κ2) is 6.28. The Hall–Kier alpha value is -0.350. The van der Waals surface area contributed by atoms with Gasteiger partial charge in [0.05, 0.1) is 0 Å². The fourth-order valence-corrected chi connectivity index (χ4v) is 2.21. The molecule has 1 fully saturated rings. The summed E-state index contributed by atoms with van der Waals surface area (Å²) in [5, 5.41) is 4.13. The standard InChI is InChI=1S/C11H23N3S/c1-4-10(3)13-6-8-14(9-7-13)11(15)12-5-2/h10H,4-9H2,1-3H3,(H,12,15). The Labute approximate surface area is 98.8 Å². The predicted octanol–water partition coefficient (Wildman–Crippen LogP) is 1.30. The average Bonchev–Trinajstić information content (AvgIpc) is 2.28. The molecule has 1 unspecified atom stereocenters. The van der Waals surface area contributed by atoms with Crippen molar-refractivity contribution in [3.8, 4) is 0 Å². The average molecular weight is 229 g/mol. The Morgan fingerprint density at radius 1 is 1.27 bits per heavy atom. The predicted molar refractivity (Wildman–Crippen MR) is 69.2 cm³/mol.